The van der Waals surface area contributed by atoms with E-state index in [4.69, 9.17) is 0 Å². The van der Waals surface area contributed by atoms with Crippen LogP contribution in [0.15, 0.2) is 35.6 Å². The summed E-state index contributed by atoms with van der Waals surface area (Å²) in [7, 11) is 0. The van der Waals surface area contributed by atoms with Crippen LogP contribution in [0.5, 0.6) is 0 Å². The molecule has 0 fully saturated rings. The molecule has 0 bridgehead atoms. The molecule has 0 radical (unpaired) electrons. The zero-order valence-electron chi connectivity index (χ0n) is 7.79. The minimum Gasteiger partial charge on any atom is -0.221 e. The molecule has 0 aliphatic heterocycles. The lowest BCUT2D eigenvalue weighted by Gasteiger charge is -1.99. The highest BCUT2D eigenvalue weighted by atomic mass is 32.2. The Hall–Kier alpha value is -1.36. The molecule has 2 aromatic rings. The van der Waals surface area contributed by atoms with E-state index >= 15 is 0 Å². The van der Waals surface area contributed by atoms with E-state index in [9.17, 15) is 0 Å². The topological polar surface area (TPSA) is 43.6 Å². The van der Waals surface area contributed by atoms with Gasteiger partial charge in [-0.3, -0.25) is 0 Å². The van der Waals surface area contributed by atoms with Gasteiger partial charge in [0.15, 0.2) is 5.82 Å². The molecule has 4 nitrogen and oxygen atoms in total. The third-order valence-corrected chi connectivity index (χ3v) is 2.46. The molecule has 0 unspecified atom stereocenters. The fourth-order valence-electron chi connectivity index (χ4n) is 1.06. The summed E-state index contributed by atoms with van der Waals surface area (Å²) in [5.74, 6) is 1.76. The van der Waals surface area contributed by atoms with Crippen LogP contribution in [0.2, 0.25) is 0 Å². The molecule has 2 rings (SSSR count). The Morgan fingerprint density at radius 2 is 2.29 bits per heavy atom. The van der Waals surface area contributed by atoms with Gasteiger partial charge in [-0.15, -0.1) is 22.0 Å². The largest absolute Gasteiger partial charge is 0.221 e. The van der Waals surface area contributed by atoms with E-state index in [-0.39, 0.29) is 0 Å². The lowest BCUT2D eigenvalue weighted by molar-refractivity contribution is 0.792. The van der Waals surface area contributed by atoms with Crippen LogP contribution in [0.4, 0.5) is 0 Å². The first-order valence-electron chi connectivity index (χ1n) is 4.36. The second-order valence-electron chi connectivity index (χ2n) is 2.61. The molecular weight excluding hydrogens is 196 g/mol. The lowest BCUT2D eigenvalue weighted by Crippen LogP contribution is -1.99. The summed E-state index contributed by atoms with van der Waals surface area (Å²) in [6, 6.07) is 5.73. The van der Waals surface area contributed by atoms with Gasteiger partial charge in [0.2, 0.25) is 0 Å². The molecule has 14 heavy (non-hydrogen) atoms. The molecule has 0 N–H and O–H groups in total. The minimum atomic E-state index is 0.746. The summed E-state index contributed by atoms with van der Waals surface area (Å²) in [6.45, 7) is 2.09. The first-order chi connectivity index (χ1) is 6.90. The molecule has 5 heteroatoms. The van der Waals surface area contributed by atoms with Crippen molar-refractivity contribution in [1.82, 2.24) is 20.0 Å². The molecule has 2 aromatic heterocycles. The van der Waals surface area contributed by atoms with Gasteiger partial charge in [0.25, 0.3) is 0 Å². The number of hydrogen-bond acceptors (Lipinski definition) is 4. The Kier molecular flexibility index (Phi) is 2.78. The van der Waals surface area contributed by atoms with Crippen molar-refractivity contribution in [2.24, 2.45) is 0 Å². The Morgan fingerprint density at radius 1 is 1.36 bits per heavy atom. The van der Waals surface area contributed by atoms with E-state index in [1.54, 1.807) is 22.6 Å². The summed E-state index contributed by atoms with van der Waals surface area (Å²) >= 11 is 1.68. The summed E-state index contributed by atoms with van der Waals surface area (Å²) in [6.07, 6.45) is 3.56. The predicted octanol–water partition coefficient (Wildman–Crippen LogP) is 1.77. The summed E-state index contributed by atoms with van der Waals surface area (Å²) in [4.78, 5) is 0. The number of aromatic nitrogens is 4. The molecule has 0 spiro atoms. The minimum absolute atomic E-state index is 0.746. The van der Waals surface area contributed by atoms with Gasteiger partial charge in [-0.25, -0.2) is 4.68 Å². The molecule has 0 aliphatic carbocycles. The summed E-state index contributed by atoms with van der Waals surface area (Å²) < 4.78 is 1.69. The Balaban J connectivity index is 2.22. The zero-order chi connectivity index (χ0) is 9.80. The van der Waals surface area contributed by atoms with Crippen LogP contribution in [-0.4, -0.2) is 25.7 Å². The highest BCUT2D eigenvalue weighted by molar-refractivity contribution is 7.99. The molecule has 0 amide bonds. The summed E-state index contributed by atoms with van der Waals surface area (Å²) in [5, 5.41) is 13.2. The van der Waals surface area contributed by atoms with E-state index in [0.29, 0.717) is 0 Å². The normalized spacial score (nSPS) is 10.4. The molecule has 0 aromatic carbocycles. The Bertz CT molecular complexity index is 382. The van der Waals surface area contributed by atoms with Crippen LogP contribution in [-0.2, 0) is 0 Å². The predicted molar refractivity (Wildman–Crippen MR) is 55.6 cm³/mol. The summed E-state index contributed by atoms with van der Waals surface area (Å²) in [5.41, 5.74) is 0. The van der Waals surface area contributed by atoms with Crippen molar-refractivity contribution in [2.75, 3.05) is 5.75 Å². The quantitative estimate of drug-likeness (QED) is 0.718. The van der Waals surface area contributed by atoms with Crippen molar-refractivity contribution in [3.8, 4) is 5.82 Å². The fourth-order valence-corrected chi connectivity index (χ4v) is 1.62. The van der Waals surface area contributed by atoms with Crippen LogP contribution in [0.1, 0.15) is 6.92 Å². The molecule has 2 heterocycles. The molecular formula is C9H10N4S. The SMILES string of the molecule is CCSc1ccc(-n2cccn2)nn1. The molecule has 0 saturated carbocycles. The van der Waals surface area contributed by atoms with E-state index < -0.39 is 0 Å². The van der Waals surface area contributed by atoms with Crippen LogP contribution in [0.25, 0.3) is 5.82 Å². The van der Waals surface area contributed by atoms with Crippen molar-refractivity contribution in [3.63, 3.8) is 0 Å². The van der Waals surface area contributed by atoms with E-state index in [0.717, 1.165) is 16.6 Å². The van der Waals surface area contributed by atoms with Crippen molar-refractivity contribution < 1.29 is 0 Å². The van der Waals surface area contributed by atoms with E-state index in [1.165, 1.54) is 0 Å². The first-order valence-corrected chi connectivity index (χ1v) is 5.35. The van der Waals surface area contributed by atoms with E-state index in [1.807, 2.05) is 24.4 Å². The number of rotatable bonds is 3. The van der Waals surface area contributed by atoms with Gasteiger partial charge < -0.3 is 0 Å². The average molecular weight is 206 g/mol. The third kappa shape index (κ3) is 1.93. The molecule has 0 aliphatic rings. The van der Waals surface area contributed by atoms with Crippen molar-refractivity contribution in [1.29, 1.82) is 0 Å². The smallest absolute Gasteiger partial charge is 0.175 e. The lowest BCUT2D eigenvalue weighted by atomic mass is 10.5. The standard InChI is InChI=1S/C9H10N4S/c1-2-14-9-5-4-8(11-12-9)13-7-3-6-10-13/h3-7H,2H2,1H3. The van der Waals surface area contributed by atoms with Crippen LogP contribution < -0.4 is 0 Å². The van der Waals surface area contributed by atoms with Gasteiger partial charge in [-0.2, -0.15) is 5.10 Å². The van der Waals surface area contributed by atoms with Gasteiger partial charge in [0, 0.05) is 12.4 Å². The second-order valence-corrected chi connectivity index (χ2v) is 3.90. The maximum absolute atomic E-state index is 4.08. The van der Waals surface area contributed by atoms with Crippen molar-refractivity contribution in [2.45, 2.75) is 11.9 Å². The van der Waals surface area contributed by atoms with Gasteiger partial charge in [0.1, 0.15) is 5.03 Å². The third-order valence-electron chi connectivity index (χ3n) is 1.66. The highest BCUT2D eigenvalue weighted by Gasteiger charge is 1.99. The number of hydrogen-bond donors (Lipinski definition) is 0. The maximum Gasteiger partial charge on any atom is 0.175 e. The number of nitrogens with zero attached hydrogens (tertiary/aromatic N) is 4. The first kappa shape index (κ1) is 9.21. The van der Waals surface area contributed by atoms with Crippen LogP contribution in [0, 0.1) is 0 Å². The average Bonchev–Trinajstić information content (AvgIpc) is 2.72. The van der Waals surface area contributed by atoms with E-state index in [2.05, 4.69) is 22.2 Å². The number of thioether (sulfide) groups is 1. The monoisotopic (exact) mass is 206 g/mol. The van der Waals surface area contributed by atoms with Crippen molar-refractivity contribution in [3.05, 3.63) is 30.6 Å². The van der Waals surface area contributed by atoms with Gasteiger partial charge in [0.05, 0.1) is 0 Å². The zero-order valence-corrected chi connectivity index (χ0v) is 8.61. The fraction of sp³-hybridized carbons (Fsp3) is 0.222. The highest BCUT2D eigenvalue weighted by Crippen LogP contribution is 2.13. The molecule has 72 valence electrons. The Morgan fingerprint density at radius 3 is 2.86 bits per heavy atom. The molecule has 0 saturated heterocycles. The van der Waals surface area contributed by atoms with Gasteiger partial charge in [-0.05, 0) is 24.0 Å². The van der Waals surface area contributed by atoms with Crippen LogP contribution >= 0.6 is 11.8 Å². The second kappa shape index (κ2) is 4.23. The molecule has 0 atom stereocenters. The van der Waals surface area contributed by atoms with Crippen LogP contribution in [0.3, 0.4) is 0 Å². The van der Waals surface area contributed by atoms with Gasteiger partial charge >= 0.3 is 0 Å². The Labute approximate surface area is 86.4 Å². The van der Waals surface area contributed by atoms with Crippen molar-refractivity contribution >= 4 is 11.8 Å². The van der Waals surface area contributed by atoms with Gasteiger partial charge in [-0.1, -0.05) is 6.92 Å². The maximum atomic E-state index is 4.08.